The molecule has 2 aliphatic carbocycles. The predicted molar refractivity (Wildman–Crippen MR) is 77.3 cm³/mol. The summed E-state index contributed by atoms with van der Waals surface area (Å²) in [5.41, 5.74) is 0.460. The number of aliphatic carboxylic acids is 2. The molecule has 2 N–H and O–H groups in total. The fourth-order valence-corrected chi connectivity index (χ4v) is 4.86. The van der Waals surface area contributed by atoms with Gasteiger partial charge in [-0.25, -0.2) is 0 Å². The van der Waals surface area contributed by atoms with Crippen LogP contribution < -0.4 is 0 Å². The molecule has 0 amide bonds. The van der Waals surface area contributed by atoms with Gasteiger partial charge in [0.25, 0.3) is 0 Å². The lowest BCUT2D eigenvalue weighted by atomic mass is 9.54. The number of rotatable bonds is 2. The minimum Gasteiger partial charge on any atom is -0.481 e. The van der Waals surface area contributed by atoms with Crippen molar-refractivity contribution >= 4 is 11.9 Å². The first-order valence-corrected chi connectivity index (χ1v) is 7.38. The summed E-state index contributed by atoms with van der Waals surface area (Å²) in [4.78, 5) is 23.8. The van der Waals surface area contributed by atoms with Gasteiger partial charge in [-0.1, -0.05) is 37.6 Å². The van der Waals surface area contributed by atoms with Gasteiger partial charge in [-0.2, -0.15) is 0 Å². The summed E-state index contributed by atoms with van der Waals surface area (Å²) < 4.78 is 0. The number of fused-ring (bicyclic) bond motifs is 3. The van der Waals surface area contributed by atoms with Gasteiger partial charge >= 0.3 is 11.9 Å². The third kappa shape index (κ3) is 1.68. The van der Waals surface area contributed by atoms with Gasteiger partial charge in [0.15, 0.2) is 0 Å². The normalized spacial score (nSPS) is 37.6. The number of carboxylic acids is 2. The highest BCUT2D eigenvalue weighted by Crippen LogP contribution is 2.63. The molecule has 4 nitrogen and oxygen atoms in total. The van der Waals surface area contributed by atoms with Gasteiger partial charge < -0.3 is 10.2 Å². The van der Waals surface area contributed by atoms with Crippen LogP contribution in [-0.2, 0) is 15.0 Å². The Morgan fingerprint density at radius 3 is 2.43 bits per heavy atom. The van der Waals surface area contributed by atoms with Gasteiger partial charge in [-0.05, 0) is 36.3 Å². The van der Waals surface area contributed by atoms with E-state index in [1.807, 2.05) is 31.2 Å². The van der Waals surface area contributed by atoms with Crippen molar-refractivity contribution in [3.63, 3.8) is 0 Å². The second-order valence-corrected chi connectivity index (χ2v) is 6.87. The first-order chi connectivity index (χ1) is 9.82. The topological polar surface area (TPSA) is 74.6 Å². The van der Waals surface area contributed by atoms with Crippen LogP contribution in [0.4, 0.5) is 0 Å². The quantitative estimate of drug-likeness (QED) is 0.877. The lowest BCUT2D eigenvalue weighted by Gasteiger charge is -2.48. The highest BCUT2D eigenvalue weighted by Gasteiger charge is 2.62. The molecule has 0 bridgehead atoms. The van der Waals surface area contributed by atoms with Gasteiger partial charge in [0.1, 0.15) is 0 Å². The van der Waals surface area contributed by atoms with Crippen LogP contribution in [0.5, 0.6) is 0 Å². The van der Waals surface area contributed by atoms with Crippen LogP contribution in [0, 0.1) is 11.3 Å². The van der Waals surface area contributed by atoms with E-state index in [1.54, 1.807) is 6.92 Å². The molecule has 1 saturated carbocycles. The zero-order valence-electron chi connectivity index (χ0n) is 12.3. The van der Waals surface area contributed by atoms with Crippen molar-refractivity contribution in [1.82, 2.24) is 0 Å². The lowest BCUT2D eigenvalue weighted by Crippen LogP contribution is -2.50. The molecule has 112 valence electrons. The van der Waals surface area contributed by atoms with Crippen LogP contribution in [0.2, 0.25) is 0 Å². The van der Waals surface area contributed by atoms with Crippen molar-refractivity contribution in [1.29, 1.82) is 0 Å². The van der Waals surface area contributed by atoms with Crippen LogP contribution in [0.1, 0.15) is 50.2 Å². The van der Waals surface area contributed by atoms with Gasteiger partial charge in [0, 0.05) is 5.92 Å². The van der Waals surface area contributed by atoms with Gasteiger partial charge in [-0.15, -0.1) is 0 Å². The van der Waals surface area contributed by atoms with Crippen molar-refractivity contribution in [2.45, 2.75) is 44.4 Å². The summed E-state index contributed by atoms with van der Waals surface area (Å²) in [5.74, 6) is -2.92. The molecule has 0 saturated heterocycles. The number of carboxylic acid groups (broad SMARTS) is 2. The summed E-state index contributed by atoms with van der Waals surface area (Å²) in [7, 11) is 0. The van der Waals surface area contributed by atoms with Crippen molar-refractivity contribution in [2.75, 3.05) is 0 Å². The fraction of sp³-hybridized carbons (Fsp3) is 0.529. The van der Waals surface area contributed by atoms with E-state index in [9.17, 15) is 19.8 Å². The Balaban J connectivity index is 2.26. The fourth-order valence-electron chi connectivity index (χ4n) is 4.86. The maximum atomic E-state index is 11.9. The predicted octanol–water partition coefficient (Wildman–Crippen LogP) is 3.02. The number of carbonyl (C=O) groups is 2. The van der Waals surface area contributed by atoms with E-state index in [1.165, 1.54) is 0 Å². The monoisotopic (exact) mass is 288 g/mol. The molecule has 2 aliphatic rings. The highest BCUT2D eigenvalue weighted by atomic mass is 16.4. The Kier molecular flexibility index (Phi) is 2.91. The smallest absolute Gasteiger partial charge is 0.311 e. The summed E-state index contributed by atoms with van der Waals surface area (Å²) in [6.07, 6.45) is 2.21. The molecule has 0 spiro atoms. The molecule has 1 aromatic carbocycles. The first kappa shape index (κ1) is 14.1. The van der Waals surface area contributed by atoms with Crippen molar-refractivity contribution in [3.8, 4) is 0 Å². The number of hydrogen-bond acceptors (Lipinski definition) is 2. The van der Waals surface area contributed by atoms with Crippen LogP contribution in [0.25, 0.3) is 0 Å². The molecule has 0 aromatic heterocycles. The van der Waals surface area contributed by atoms with Crippen LogP contribution >= 0.6 is 0 Å². The lowest BCUT2D eigenvalue weighted by molar-refractivity contribution is -0.160. The van der Waals surface area contributed by atoms with Gasteiger partial charge in [0.2, 0.25) is 0 Å². The Morgan fingerprint density at radius 1 is 1.14 bits per heavy atom. The SMILES string of the molecule is C[C@@]1(C(=O)O)CCC[C@@]2(C)c3ccccc3[C@@H](C(=O)O)[C@@H]12. The third-order valence-corrected chi connectivity index (χ3v) is 5.76. The zero-order chi connectivity index (χ0) is 15.4. The second kappa shape index (κ2) is 4.33. The van der Waals surface area contributed by atoms with Crippen molar-refractivity contribution < 1.29 is 19.8 Å². The van der Waals surface area contributed by atoms with E-state index in [4.69, 9.17) is 0 Å². The number of benzene rings is 1. The van der Waals surface area contributed by atoms with E-state index in [0.29, 0.717) is 6.42 Å². The molecule has 4 heteroatoms. The minimum atomic E-state index is -0.991. The highest BCUT2D eigenvalue weighted by molar-refractivity contribution is 5.83. The summed E-state index contributed by atoms with van der Waals surface area (Å²) in [6, 6.07) is 7.57. The van der Waals surface area contributed by atoms with Gasteiger partial charge in [0.05, 0.1) is 11.3 Å². The van der Waals surface area contributed by atoms with Crippen molar-refractivity contribution in [2.24, 2.45) is 11.3 Å². The second-order valence-electron chi connectivity index (χ2n) is 6.87. The summed E-state index contributed by atoms with van der Waals surface area (Å²) in [5, 5.41) is 19.5. The zero-order valence-corrected chi connectivity index (χ0v) is 12.3. The van der Waals surface area contributed by atoms with Gasteiger partial charge in [-0.3, -0.25) is 9.59 Å². The molecular formula is C17H20O4. The molecule has 0 radical (unpaired) electrons. The molecule has 0 heterocycles. The van der Waals surface area contributed by atoms with E-state index in [0.717, 1.165) is 24.0 Å². The average molecular weight is 288 g/mol. The van der Waals surface area contributed by atoms with Crippen LogP contribution in [0.3, 0.4) is 0 Å². The molecule has 0 aliphatic heterocycles. The molecule has 4 atom stereocenters. The maximum absolute atomic E-state index is 11.9. The van der Waals surface area contributed by atoms with Crippen LogP contribution in [-0.4, -0.2) is 22.2 Å². The summed E-state index contributed by atoms with van der Waals surface area (Å²) >= 11 is 0. The van der Waals surface area contributed by atoms with E-state index in [2.05, 4.69) is 0 Å². The van der Waals surface area contributed by atoms with E-state index in [-0.39, 0.29) is 5.41 Å². The molecule has 0 unspecified atom stereocenters. The first-order valence-electron chi connectivity index (χ1n) is 7.38. The Hall–Kier alpha value is -1.84. The molecular weight excluding hydrogens is 268 g/mol. The minimum absolute atomic E-state index is 0.370. The largest absolute Gasteiger partial charge is 0.481 e. The van der Waals surface area contributed by atoms with Crippen molar-refractivity contribution in [3.05, 3.63) is 35.4 Å². The molecule has 1 aromatic rings. The van der Waals surface area contributed by atoms with E-state index < -0.39 is 29.2 Å². The van der Waals surface area contributed by atoms with Crippen LogP contribution in [0.15, 0.2) is 24.3 Å². The summed E-state index contributed by atoms with van der Waals surface area (Å²) in [6.45, 7) is 3.76. The van der Waals surface area contributed by atoms with E-state index >= 15 is 0 Å². The maximum Gasteiger partial charge on any atom is 0.311 e. The molecule has 3 rings (SSSR count). The average Bonchev–Trinajstić information content (AvgIpc) is 2.70. The Morgan fingerprint density at radius 2 is 1.81 bits per heavy atom. The molecule has 1 fully saturated rings. The Labute approximate surface area is 123 Å². The molecule has 21 heavy (non-hydrogen) atoms. The number of hydrogen-bond donors (Lipinski definition) is 2. The Bertz CT molecular complexity index is 623. The standard InChI is InChI=1S/C17H20O4/c1-16-8-5-9-17(2,15(20)21)13(16)12(14(18)19)10-6-3-4-7-11(10)16/h3-4,6-7,12-13H,5,8-9H2,1-2H3,(H,18,19)(H,20,21)/t12-,13-,16+,17-/m1/s1. The third-order valence-electron chi connectivity index (χ3n) is 5.76.